The first kappa shape index (κ1) is 17.5. The van der Waals surface area contributed by atoms with Crippen LogP contribution in [0.5, 0.6) is 0 Å². The van der Waals surface area contributed by atoms with E-state index in [9.17, 15) is 4.79 Å². The Labute approximate surface area is 157 Å². The lowest BCUT2D eigenvalue weighted by atomic mass is 10.0. The number of carbonyl (C=O) groups is 1. The second kappa shape index (κ2) is 7.36. The van der Waals surface area contributed by atoms with E-state index in [1.165, 1.54) is 0 Å². The molecule has 0 bridgehead atoms. The van der Waals surface area contributed by atoms with Gasteiger partial charge in [0.2, 0.25) is 0 Å². The Morgan fingerprint density at radius 2 is 2.19 bits per heavy atom. The number of benzene rings is 1. The lowest BCUT2D eigenvalue weighted by molar-refractivity contribution is 0.0950. The van der Waals surface area contributed by atoms with Crippen LogP contribution in [-0.4, -0.2) is 44.6 Å². The van der Waals surface area contributed by atoms with Crippen LogP contribution in [0, 0.1) is 6.92 Å². The molecule has 0 unspecified atom stereocenters. The highest BCUT2D eigenvalue weighted by Crippen LogP contribution is 2.26. The molecule has 0 spiro atoms. The van der Waals surface area contributed by atoms with Crippen molar-refractivity contribution in [1.82, 2.24) is 19.7 Å². The lowest BCUT2D eigenvalue weighted by Crippen LogP contribution is -2.26. The molecule has 3 aromatic rings. The van der Waals surface area contributed by atoms with Gasteiger partial charge in [0.25, 0.3) is 5.91 Å². The van der Waals surface area contributed by atoms with Crippen molar-refractivity contribution in [1.29, 1.82) is 0 Å². The van der Waals surface area contributed by atoms with Crippen LogP contribution >= 0.6 is 0 Å². The molecule has 4 rings (SSSR count). The van der Waals surface area contributed by atoms with Gasteiger partial charge in [0.15, 0.2) is 11.5 Å². The van der Waals surface area contributed by atoms with Crippen LogP contribution in [0.1, 0.15) is 35.2 Å². The predicted octanol–water partition coefficient (Wildman–Crippen LogP) is 2.39. The van der Waals surface area contributed by atoms with E-state index in [1.807, 2.05) is 41.9 Å². The zero-order valence-electron chi connectivity index (χ0n) is 15.3. The van der Waals surface area contributed by atoms with Crippen LogP contribution in [0.15, 0.2) is 36.8 Å². The summed E-state index contributed by atoms with van der Waals surface area (Å²) in [6, 6.07) is 6.20. The molecule has 1 saturated carbocycles. The molecule has 0 atom stereocenters. The smallest absolute Gasteiger partial charge is 0.251 e. The number of anilines is 1. The van der Waals surface area contributed by atoms with Crippen LogP contribution in [0.4, 0.5) is 5.82 Å². The van der Waals surface area contributed by atoms with Gasteiger partial charge in [0.05, 0.1) is 11.9 Å². The van der Waals surface area contributed by atoms with Crippen LogP contribution in [-0.2, 0) is 0 Å². The fourth-order valence-electron chi connectivity index (χ4n) is 3.11. The molecule has 1 fully saturated rings. The molecular weight excluding hydrogens is 342 g/mol. The average Bonchev–Trinajstić information content (AvgIpc) is 3.37. The van der Waals surface area contributed by atoms with Crippen molar-refractivity contribution in [2.45, 2.75) is 32.2 Å². The van der Waals surface area contributed by atoms with Crippen molar-refractivity contribution in [3.05, 3.63) is 47.9 Å². The van der Waals surface area contributed by atoms with Crippen molar-refractivity contribution in [2.24, 2.45) is 0 Å². The zero-order valence-corrected chi connectivity index (χ0v) is 15.3. The Kier molecular flexibility index (Phi) is 4.77. The van der Waals surface area contributed by atoms with Crippen molar-refractivity contribution in [3.8, 4) is 11.3 Å². The molecule has 7 heteroatoms. The maximum Gasteiger partial charge on any atom is 0.251 e. The fourth-order valence-corrected chi connectivity index (χ4v) is 3.11. The second-order valence-electron chi connectivity index (χ2n) is 6.89. The third-order valence-electron chi connectivity index (χ3n) is 4.73. The Morgan fingerprint density at radius 3 is 2.93 bits per heavy atom. The molecule has 140 valence electrons. The number of hydrogen-bond donors (Lipinski definition) is 3. The Hall–Kier alpha value is -2.93. The monoisotopic (exact) mass is 365 g/mol. The number of fused-ring (bicyclic) bond motifs is 1. The third-order valence-corrected chi connectivity index (χ3v) is 4.73. The lowest BCUT2D eigenvalue weighted by Gasteiger charge is -2.10. The van der Waals surface area contributed by atoms with E-state index in [0.29, 0.717) is 30.4 Å². The molecule has 2 aromatic heterocycles. The third kappa shape index (κ3) is 3.64. The number of aromatic nitrogens is 3. The van der Waals surface area contributed by atoms with E-state index in [0.717, 1.165) is 35.3 Å². The zero-order chi connectivity index (χ0) is 18.8. The van der Waals surface area contributed by atoms with E-state index in [4.69, 9.17) is 5.11 Å². The molecule has 7 nitrogen and oxygen atoms in total. The summed E-state index contributed by atoms with van der Waals surface area (Å²) in [5.41, 5.74) is 4.33. The molecular formula is C20H23N5O2. The molecule has 1 aliphatic carbocycles. The minimum Gasteiger partial charge on any atom is -0.396 e. The number of nitrogens with zero attached hydrogens (tertiary/aromatic N) is 3. The van der Waals surface area contributed by atoms with Gasteiger partial charge in [-0.2, -0.15) is 0 Å². The van der Waals surface area contributed by atoms with E-state index < -0.39 is 0 Å². The van der Waals surface area contributed by atoms with Gasteiger partial charge in [-0.05, 0) is 43.9 Å². The fraction of sp³-hybridized carbons (Fsp3) is 0.350. The number of imidazole rings is 1. The molecule has 3 N–H and O–H groups in total. The van der Waals surface area contributed by atoms with Crippen molar-refractivity contribution in [3.63, 3.8) is 0 Å². The number of hydrogen-bond acceptors (Lipinski definition) is 5. The number of carbonyl (C=O) groups excluding carboxylic acids is 1. The molecule has 0 radical (unpaired) electrons. The Morgan fingerprint density at radius 1 is 1.33 bits per heavy atom. The largest absolute Gasteiger partial charge is 0.396 e. The number of aliphatic hydroxyl groups is 1. The minimum absolute atomic E-state index is 0.000684. The second-order valence-corrected chi connectivity index (χ2v) is 6.89. The molecule has 0 saturated heterocycles. The van der Waals surface area contributed by atoms with Crippen LogP contribution < -0.4 is 10.6 Å². The maximum absolute atomic E-state index is 12.3. The predicted molar refractivity (Wildman–Crippen MR) is 104 cm³/mol. The first-order valence-electron chi connectivity index (χ1n) is 9.26. The SMILES string of the molecule is Cc1cc(-c2cnc3c(NCCCO)nccn23)ccc1C(=O)NC1CC1. The van der Waals surface area contributed by atoms with Gasteiger partial charge in [0, 0.05) is 42.7 Å². The summed E-state index contributed by atoms with van der Waals surface area (Å²) in [6.07, 6.45) is 8.22. The molecule has 1 aliphatic rings. The molecule has 1 aromatic carbocycles. The van der Waals surface area contributed by atoms with Gasteiger partial charge in [-0.15, -0.1) is 0 Å². The summed E-state index contributed by atoms with van der Waals surface area (Å²) in [6.45, 7) is 2.73. The molecule has 0 aliphatic heterocycles. The van der Waals surface area contributed by atoms with Gasteiger partial charge < -0.3 is 15.7 Å². The van der Waals surface area contributed by atoms with Crippen molar-refractivity contribution < 1.29 is 9.90 Å². The summed E-state index contributed by atoms with van der Waals surface area (Å²) in [7, 11) is 0. The van der Waals surface area contributed by atoms with Gasteiger partial charge in [-0.3, -0.25) is 9.20 Å². The minimum atomic E-state index is -0.000684. The quantitative estimate of drug-likeness (QED) is 0.559. The number of amides is 1. The molecule has 2 heterocycles. The summed E-state index contributed by atoms with van der Waals surface area (Å²) in [4.78, 5) is 21.2. The summed E-state index contributed by atoms with van der Waals surface area (Å²) < 4.78 is 1.98. The van der Waals surface area contributed by atoms with E-state index in [-0.39, 0.29) is 12.5 Å². The first-order valence-corrected chi connectivity index (χ1v) is 9.26. The number of aryl methyl sites for hydroxylation is 1. The Bertz CT molecular complexity index is 978. The van der Waals surface area contributed by atoms with Crippen LogP contribution in [0.25, 0.3) is 16.9 Å². The summed E-state index contributed by atoms with van der Waals surface area (Å²) in [5, 5.41) is 15.2. The van der Waals surface area contributed by atoms with Gasteiger partial charge in [-0.1, -0.05) is 6.07 Å². The topological polar surface area (TPSA) is 91.6 Å². The molecule has 1 amide bonds. The van der Waals surface area contributed by atoms with Gasteiger partial charge >= 0.3 is 0 Å². The van der Waals surface area contributed by atoms with E-state index >= 15 is 0 Å². The van der Waals surface area contributed by atoms with E-state index in [2.05, 4.69) is 20.6 Å². The Balaban J connectivity index is 1.63. The van der Waals surface area contributed by atoms with Crippen LogP contribution in [0.3, 0.4) is 0 Å². The number of rotatable bonds is 7. The molecule has 27 heavy (non-hydrogen) atoms. The van der Waals surface area contributed by atoms with E-state index in [1.54, 1.807) is 6.20 Å². The first-order chi connectivity index (χ1) is 13.2. The maximum atomic E-state index is 12.3. The highest BCUT2D eigenvalue weighted by atomic mass is 16.3. The highest BCUT2D eigenvalue weighted by Gasteiger charge is 2.24. The standard InChI is InChI=1S/C20H23N5O2/c1-13-11-14(3-6-16(13)20(27)24-15-4-5-15)17-12-23-19-18(21-7-2-10-26)22-8-9-25(17)19/h3,6,8-9,11-12,15,26H,2,4-5,7,10H2,1H3,(H,21,22)(H,24,27). The van der Waals surface area contributed by atoms with Crippen molar-refractivity contribution >= 4 is 17.4 Å². The highest BCUT2D eigenvalue weighted by molar-refractivity contribution is 5.96. The van der Waals surface area contributed by atoms with Crippen molar-refractivity contribution in [2.75, 3.05) is 18.5 Å². The summed E-state index contributed by atoms with van der Waals surface area (Å²) >= 11 is 0. The number of aliphatic hydroxyl groups excluding tert-OH is 1. The number of nitrogens with one attached hydrogen (secondary N) is 2. The van der Waals surface area contributed by atoms with Gasteiger partial charge in [-0.25, -0.2) is 9.97 Å². The average molecular weight is 365 g/mol. The summed E-state index contributed by atoms with van der Waals surface area (Å²) in [5.74, 6) is 0.689. The normalized spacial score (nSPS) is 13.7. The van der Waals surface area contributed by atoms with Crippen LogP contribution in [0.2, 0.25) is 0 Å². The van der Waals surface area contributed by atoms with Gasteiger partial charge in [0.1, 0.15) is 0 Å².